The van der Waals surface area contributed by atoms with Crippen LogP contribution in [0.25, 0.3) is 21.9 Å². The number of benzene rings is 1. The number of anilines is 1. The number of fused-ring (bicyclic) bond motifs is 3. The van der Waals surface area contributed by atoms with Crippen molar-refractivity contribution >= 4 is 27.8 Å². The van der Waals surface area contributed by atoms with Gasteiger partial charge in [0.05, 0.1) is 12.6 Å². The SMILES string of the molecule is COc1ccc2c(c1)[nH]c1c(N3CCCC(C)C3)ncnc12. The first-order chi connectivity index (χ1) is 10.8. The molecule has 114 valence electrons. The zero-order valence-corrected chi connectivity index (χ0v) is 13.0. The number of nitrogens with zero attached hydrogens (tertiary/aromatic N) is 3. The van der Waals surface area contributed by atoms with E-state index in [-0.39, 0.29) is 0 Å². The lowest BCUT2D eigenvalue weighted by atomic mass is 10.0. The summed E-state index contributed by atoms with van der Waals surface area (Å²) in [6.07, 6.45) is 4.20. The van der Waals surface area contributed by atoms with E-state index in [0.717, 1.165) is 46.6 Å². The van der Waals surface area contributed by atoms with E-state index >= 15 is 0 Å². The van der Waals surface area contributed by atoms with Crippen LogP contribution in [0.3, 0.4) is 0 Å². The molecule has 1 aliphatic heterocycles. The number of H-pyrrole nitrogens is 1. The molecule has 3 heterocycles. The summed E-state index contributed by atoms with van der Waals surface area (Å²) in [5.74, 6) is 2.58. The second kappa shape index (κ2) is 5.16. The van der Waals surface area contributed by atoms with Gasteiger partial charge in [0, 0.05) is 24.5 Å². The summed E-state index contributed by atoms with van der Waals surface area (Å²) in [4.78, 5) is 14.9. The third-order valence-electron chi connectivity index (χ3n) is 4.53. The summed E-state index contributed by atoms with van der Waals surface area (Å²) >= 11 is 0. The molecular weight excluding hydrogens is 276 g/mol. The van der Waals surface area contributed by atoms with Crippen LogP contribution in [0.15, 0.2) is 24.5 Å². The lowest BCUT2D eigenvalue weighted by molar-refractivity contribution is 0.415. The molecule has 1 aromatic carbocycles. The Kier molecular flexibility index (Phi) is 3.13. The number of methoxy groups -OCH3 is 1. The van der Waals surface area contributed by atoms with Crippen molar-refractivity contribution < 1.29 is 4.74 Å². The number of nitrogens with one attached hydrogen (secondary N) is 1. The van der Waals surface area contributed by atoms with Crippen LogP contribution < -0.4 is 9.64 Å². The topological polar surface area (TPSA) is 54.0 Å². The smallest absolute Gasteiger partial charge is 0.156 e. The fourth-order valence-corrected chi connectivity index (χ4v) is 3.41. The molecular formula is C17H20N4O. The predicted molar refractivity (Wildman–Crippen MR) is 88.6 cm³/mol. The van der Waals surface area contributed by atoms with Gasteiger partial charge in [-0.2, -0.15) is 0 Å². The molecule has 2 aromatic heterocycles. The summed E-state index contributed by atoms with van der Waals surface area (Å²) in [6, 6.07) is 6.04. The maximum Gasteiger partial charge on any atom is 0.156 e. The molecule has 0 aliphatic carbocycles. The Morgan fingerprint density at radius 3 is 3.05 bits per heavy atom. The fraction of sp³-hybridized carbons (Fsp3) is 0.412. The van der Waals surface area contributed by atoms with E-state index in [1.807, 2.05) is 12.1 Å². The first kappa shape index (κ1) is 13.4. The maximum absolute atomic E-state index is 5.31. The zero-order chi connectivity index (χ0) is 15.1. The minimum Gasteiger partial charge on any atom is -0.497 e. The van der Waals surface area contributed by atoms with Crippen molar-refractivity contribution in [3.05, 3.63) is 24.5 Å². The molecule has 22 heavy (non-hydrogen) atoms. The zero-order valence-electron chi connectivity index (χ0n) is 13.0. The van der Waals surface area contributed by atoms with E-state index in [1.165, 1.54) is 12.8 Å². The first-order valence-corrected chi connectivity index (χ1v) is 7.81. The molecule has 0 amide bonds. The lowest BCUT2D eigenvalue weighted by Crippen LogP contribution is -2.35. The van der Waals surface area contributed by atoms with Crippen molar-refractivity contribution in [1.82, 2.24) is 15.0 Å². The molecule has 4 rings (SSSR count). The Balaban J connectivity index is 1.88. The first-order valence-electron chi connectivity index (χ1n) is 7.81. The highest BCUT2D eigenvalue weighted by molar-refractivity contribution is 6.08. The Morgan fingerprint density at radius 2 is 2.23 bits per heavy atom. The molecule has 1 atom stereocenters. The summed E-state index contributed by atoms with van der Waals surface area (Å²) < 4.78 is 5.31. The van der Waals surface area contributed by atoms with E-state index in [1.54, 1.807) is 13.4 Å². The molecule has 1 N–H and O–H groups in total. The number of hydrogen-bond acceptors (Lipinski definition) is 4. The van der Waals surface area contributed by atoms with Crippen molar-refractivity contribution in [3.8, 4) is 5.75 Å². The van der Waals surface area contributed by atoms with Crippen LogP contribution in [0.5, 0.6) is 5.75 Å². The largest absolute Gasteiger partial charge is 0.497 e. The molecule has 1 fully saturated rings. The normalized spacial score (nSPS) is 19.0. The maximum atomic E-state index is 5.31. The van der Waals surface area contributed by atoms with Crippen molar-refractivity contribution in [3.63, 3.8) is 0 Å². The van der Waals surface area contributed by atoms with E-state index in [0.29, 0.717) is 5.92 Å². The quantitative estimate of drug-likeness (QED) is 0.788. The third kappa shape index (κ3) is 2.08. The monoisotopic (exact) mass is 296 g/mol. The Morgan fingerprint density at radius 1 is 1.32 bits per heavy atom. The van der Waals surface area contributed by atoms with E-state index in [4.69, 9.17) is 4.74 Å². The highest BCUT2D eigenvalue weighted by Crippen LogP contribution is 2.32. The predicted octanol–water partition coefficient (Wildman–Crippen LogP) is 3.36. The number of rotatable bonds is 2. The van der Waals surface area contributed by atoms with Gasteiger partial charge in [-0.25, -0.2) is 9.97 Å². The average Bonchev–Trinajstić information content (AvgIpc) is 2.92. The number of aromatic nitrogens is 3. The summed E-state index contributed by atoms with van der Waals surface area (Å²) in [5, 5.41) is 1.12. The van der Waals surface area contributed by atoms with Crippen LogP contribution in [-0.2, 0) is 0 Å². The van der Waals surface area contributed by atoms with Crippen molar-refractivity contribution in [2.45, 2.75) is 19.8 Å². The molecule has 0 radical (unpaired) electrons. The number of aromatic amines is 1. The minimum atomic E-state index is 0.711. The standard InChI is InChI=1S/C17H20N4O/c1-11-4-3-7-21(9-11)17-16-15(18-10-19-17)13-6-5-12(22-2)8-14(13)20-16/h5-6,8,10-11,20H,3-4,7,9H2,1-2H3. The van der Waals surface area contributed by atoms with Crippen molar-refractivity contribution in [2.75, 3.05) is 25.1 Å². The summed E-state index contributed by atoms with van der Waals surface area (Å²) in [5.41, 5.74) is 3.06. The van der Waals surface area contributed by atoms with Gasteiger partial charge in [0.15, 0.2) is 5.82 Å². The number of hydrogen-bond donors (Lipinski definition) is 1. The van der Waals surface area contributed by atoms with Crippen molar-refractivity contribution in [2.24, 2.45) is 5.92 Å². The van der Waals surface area contributed by atoms with E-state index in [9.17, 15) is 0 Å². The molecule has 1 unspecified atom stereocenters. The van der Waals surface area contributed by atoms with Gasteiger partial charge in [-0.3, -0.25) is 0 Å². The lowest BCUT2D eigenvalue weighted by Gasteiger charge is -2.31. The third-order valence-corrected chi connectivity index (χ3v) is 4.53. The molecule has 1 saturated heterocycles. The van der Waals surface area contributed by atoms with Crippen LogP contribution in [0.2, 0.25) is 0 Å². The molecule has 0 bridgehead atoms. The molecule has 5 heteroatoms. The summed E-state index contributed by atoms with van der Waals surface area (Å²) in [6.45, 7) is 4.43. The molecule has 1 aliphatic rings. The number of ether oxygens (including phenoxy) is 1. The second-order valence-electron chi connectivity index (χ2n) is 6.15. The number of piperidine rings is 1. The van der Waals surface area contributed by atoms with Crippen LogP contribution in [0.1, 0.15) is 19.8 Å². The average molecular weight is 296 g/mol. The van der Waals surface area contributed by atoms with Gasteiger partial charge in [0.2, 0.25) is 0 Å². The van der Waals surface area contributed by atoms with Crippen molar-refractivity contribution in [1.29, 1.82) is 0 Å². The molecule has 0 saturated carbocycles. The second-order valence-corrected chi connectivity index (χ2v) is 6.15. The van der Waals surface area contributed by atoms with E-state index in [2.05, 4.69) is 32.8 Å². The highest BCUT2D eigenvalue weighted by atomic mass is 16.5. The van der Waals surface area contributed by atoms with Gasteiger partial charge in [-0.05, 0) is 30.9 Å². The van der Waals surface area contributed by atoms with E-state index < -0.39 is 0 Å². The van der Waals surface area contributed by atoms with Gasteiger partial charge in [0.25, 0.3) is 0 Å². The molecule has 3 aromatic rings. The van der Waals surface area contributed by atoms with Gasteiger partial charge < -0.3 is 14.6 Å². The molecule has 0 spiro atoms. The van der Waals surface area contributed by atoms with Crippen LogP contribution in [-0.4, -0.2) is 35.2 Å². The Bertz CT molecular complexity index is 826. The Labute approximate surface area is 129 Å². The Hall–Kier alpha value is -2.30. The summed E-state index contributed by atoms with van der Waals surface area (Å²) in [7, 11) is 1.68. The fourth-order valence-electron chi connectivity index (χ4n) is 3.41. The van der Waals surface area contributed by atoms with Crippen LogP contribution >= 0.6 is 0 Å². The van der Waals surface area contributed by atoms with Crippen LogP contribution in [0, 0.1) is 5.92 Å². The van der Waals surface area contributed by atoms with Gasteiger partial charge in [0.1, 0.15) is 23.1 Å². The van der Waals surface area contributed by atoms with Gasteiger partial charge in [-0.15, -0.1) is 0 Å². The highest BCUT2D eigenvalue weighted by Gasteiger charge is 2.21. The molecule has 5 nitrogen and oxygen atoms in total. The van der Waals surface area contributed by atoms with Crippen LogP contribution in [0.4, 0.5) is 5.82 Å². The van der Waals surface area contributed by atoms with Gasteiger partial charge >= 0.3 is 0 Å². The minimum absolute atomic E-state index is 0.711. The van der Waals surface area contributed by atoms with Gasteiger partial charge in [-0.1, -0.05) is 6.92 Å².